The summed E-state index contributed by atoms with van der Waals surface area (Å²) in [6.45, 7) is 1.79. The first-order valence-corrected chi connectivity index (χ1v) is 6.24. The number of hydrogen-bond donors (Lipinski definition) is 3. The van der Waals surface area contributed by atoms with Crippen LogP contribution in [0.2, 0.25) is 0 Å². The van der Waals surface area contributed by atoms with E-state index in [9.17, 15) is 14.7 Å². The van der Waals surface area contributed by atoms with Gasteiger partial charge in [-0.05, 0) is 24.6 Å². The summed E-state index contributed by atoms with van der Waals surface area (Å²) < 4.78 is 0.661. The average molecular weight is 316 g/mol. The molecular weight excluding hydrogens is 302 g/mol. The lowest BCUT2D eigenvalue weighted by molar-refractivity contribution is -0.137. The van der Waals surface area contributed by atoms with Crippen LogP contribution in [0.5, 0.6) is 5.75 Å². The molecule has 0 aliphatic carbocycles. The highest BCUT2D eigenvalue weighted by Gasteiger charge is 2.17. The second-order valence-electron chi connectivity index (χ2n) is 3.84. The number of phenols is 1. The third kappa shape index (κ3) is 4.03. The molecule has 3 N–H and O–H groups in total. The summed E-state index contributed by atoms with van der Waals surface area (Å²) in [5, 5.41) is 20.9. The Balaban J connectivity index is 2.77. The molecule has 1 atom stereocenters. The highest BCUT2D eigenvalue weighted by Crippen LogP contribution is 2.22. The zero-order valence-electron chi connectivity index (χ0n) is 9.81. The van der Waals surface area contributed by atoms with Crippen LogP contribution in [0.25, 0.3) is 0 Å². The smallest absolute Gasteiger partial charge is 0.305 e. The Bertz CT molecular complexity index is 461. The second kappa shape index (κ2) is 6.39. The average Bonchev–Trinajstić information content (AvgIpc) is 2.27. The molecule has 1 unspecified atom stereocenters. The van der Waals surface area contributed by atoms with Crippen LogP contribution in [0.15, 0.2) is 22.7 Å². The Morgan fingerprint density at radius 3 is 2.61 bits per heavy atom. The monoisotopic (exact) mass is 315 g/mol. The summed E-state index contributed by atoms with van der Waals surface area (Å²) in [5.74, 6) is -1.60. The maximum Gasteiger partial charge on any atom is 0.305 e. The van der Waals surface area contributed by atoms with E-state index in [-0.39, 0.29) is 17.7 Å². The molecule has 0 aliphatic heterocycles. The maximum atomic E-state index is 11.8. The molecule has 0 aromatic heterocycles. The van der Waals surface area contributed by atoms with E-state index >= 15 is 0 Å². The van der Waals surface area contributed by atoms with Gasteiger partial charge in [-0.25, -0.2) is 0 Å². The molecule has 1 aromatic carbocycles. The predicted octanol–water partition coefficient (Wildman–Crippen LogP) is 2.14. The van der Waals surface area contributed by atoms with Gasteiger partial charge in [-0.3, -0.25) is 9.59 Å². The Kier molecular flexibility index (Phi) is 5.15. The fourth-order valence-corrected chi connectivity index (χ4v) is 1.82. The SMILES string of the molecule is CCC(CC(=O)O)NC(=O)c1ccc(Br)cc1O. The Labute approximate surface area is 113 Å². The van der Waals surface area contributed by atoms with Crippen LogP contribution < -0.4 is 5.32 Å². The van der Waals surface area contributed by atoms with E-state index in [1.807, 2.05) is 0 Å². The number of carboxylic acid groups (broad SMARTS) is 1. The summed E-state index contributed by atoms with van der Waals surface area (Å²) in [6.07, 6.45) is 0.370. The topological polar surface area (TPSA) is 86.6 Å². The lowest BCUT2D eigenvalue weighted by atomic mass is 10.1. The molecule has 1 rings (SSSR count). The van der Waals surface area contributed by atoms with E-state index < -0.39 is 17.9 Å². The normalized spacial score (nSPS) is 11.9. The van der Waals surface area contributed by atoms with Crippen molar-refractivity contribution in [1.82, 2.24) is 5.32 Å². The number of rotatable bonds is 5. The van der Waals surface area contributed by atoms with Gasteiger partial charge in [0.1, 0.15) is 5.75 Å². The van der Waals surface area contributed by atoms with Gasteiger partial charge in [0.2, 0.25) is 0 Å². The summed E-state index contributed by atoms with van der Waals surface area (Å²) in [5.41, 5.74) is 0.127. The largest absolute Gasteiger partial charge is 0.507 e. The molecule has 1 amide bonds. The van der Waals surface area contributed by atoms with Gasteiger partial charge in [0, 0.05) is 10.5 Å². The molecule has 5 nitrogen and oxygen atoms in total. The number of hydrogen-bond acceptors (Lipinski definition) is 3. The first-order chi connectivity index (χ1) is 8.43. The summed E-state index contributed by atoms with van der Waals surface area (Å²) in [6, 6.07) is 4.07. The molecule has 0 saturated carbocycles. The lowest BCUT2D eigenvalue weighted by Gasteiger charge is -2.15. The summed E-state index contributed by atoms with van der Waals surface area (Å²) in [4.78, 5) is 22.4. The number of halogens is 1. The van der Waals surface area contributed by atoms with E-state index in [0.717, 1.165) is 0 Å². The minimum atomic E-state index is -0.970. The quantitative estimate of drug-likeness (QED) is 0.777. The van der Waals surface area contributed by atoms with Gasteiger partial charge in [-0.1, -0.05) is 22.9 Å². The van der Waals surface area contributed by atoms with Crippen LogP contribution in [0.3, 0.4) is 0 Å². The number of amides is 1. The Morgan fingerprint density at radius 2 is 2.11 bits per heavy atom. The summed E-state index contributed by atoms with van der Waals surface area (Å²) in [7, 11) is 0. The highest BCUT2D eigenvalue weighted by molar-refractivity contribution is 9.10. The number of carbonyl (C=O) groups is 2. The van der Waals surface area contributed by atoms with Crippen molar-refractivity contribution >= 4 is 27.8 Å². The third-order valence-corrected chi connectivity index (χ3v) is 2.95. The molecule has 0 heterocycles. The zero-order valence-corrected chi connectivity index (χ0v) is 11.4. The van der Waals surface area contributed by atoms with Gasteiger partial charge in [0.25, 0.3) is 5.91 Å². The molecule has 6 heteroatoms. The van der Waals surface area contributed by atoms with Crippen LogP contribution in [0.4, 0.5) is 0 Å². The van der Waals surface area contributed by atoms with Gasteiger partial charge < -0.3 is 15.5 Å². The van der Waals surface area contributed by atoms with Crippen LogP contribution in [-0.2, 0) is 4.79 Å². The first kappa shape index (κ1) is 14.5. The van der Waals surface area contributed by atoms with Crippen LogP contribution >= 0.6 is 15.9 Å². The van der Waals surface area contributed by atoms with Crippen LogP contribution in [0, 0.1) is 0 Å². The number of carboxylic acids is 1. The number of benzene rings is 1. The van der Waals surface area contributed by atoms with E-state index in [1.165, 1.54) is 12.1 Å². The number of phenolic OH excluding ortho intramolecular Hbond substituents is 1. The fourth-order valence-electron chi connectivity index (χ4n) is 1.47. The fraction of sp³-hybridized carbons (Fsp3) is 0.333. The number of nitrogens with one attached hydrogen (secondary N) is 1. The molecular formula is C12H14BrNO4. The minimum Gasteiger partial charge on any atom is -0.507 e. The first-order valence-electron chi connectivity index (χ1n) is 5.45. The van der Waals surface area contributed by atoms with E-state index in [0.29, 0.717) is 10.9 Å². The van der Waals surface area contributed by atoms with E-state index in [4.69, 9.17) is 5.11 Å². The van der Waals surface area contributed by atoms with Gasteiger partial charge in [0.05, 0.1) is 12.0 Å². The predicted molar refractivity (Wildman–Crippen MR) is 69.6 cm³/mol. The molecule has 0 aliphatic rings. The van der Waals surface area contributed by atoms with Crippen molar-refractivity contribution in [3.63, 3.8) is 0 Å². The van der Waals surface area contributed by atoms with Crippen molar-refractivity contribution in [3.8, 4) is 5.75 Å². The maximum absolute atomic E-state index is 11.8. The van der Waals surface area contributed by atoms with Gasteiger partial charge >= 0.3 is 5.97 Å². The van der Waals surface area contributed by atoms with Crippen molar-refractivity contribution in [2.75, 3.05) is 0 Å². The van der Waals surface area contributed by atoms with E-state index in [1.54, 1.807) is 13.0 Å². The van der Waals surface area contributed by atoms with Crippen LogP contribution in [-0.4, -0.2) is 28.1 Å². The number of carbonyl (C=O) groups excluding carboxylic acids is 1. The summed E-state index contributed by atoms with van der Waals surface area (Å²) >= 11 is 3.17. The molecule has 0 fully saturated rings. The molecule has 0 spiro atoms. The van der Waals surface area contributed by atoms with Crippen molar-refractivity contribution in [2.45, 2.75) is 25.8 Å². The molecule has 0 saturated heterocycles. The molecule has 18 heavy (non-hydrogen) atoms. The Hall–Kier alpha value is -1.56. The molecule has 1 aromatic rings. The standard InChI is InChI=1S/C12H14BrNO4/c1-2-8(6-11(16)17)14-12(18)9-4-3-7(13)5-10(9)15/h3-5,8,15H,2,6H2,1H3,(H,14,18)(H,16,17). The van der Waals surface area contributed by atoms with E-state index in [2.05, 4.69) is 21.2 Å². The molecule has 0 bridgehead atoms. The van der Waals surface area contributed by atoms with Crippen molar-refractivity contribution in [3.05, 3.63) is 28.2 Å². The van der Waals surface area contributed by atoms with Crippen molar-refractivity contribution in [1.29, 1.82) is 0 Å². The van der Waals surface area contributed by atoms with Crippen LogP contribution in [0.1, 0.15) is 30.1 Å². The third-order valence-electron chi connectivity index (χ3n) is 2.45. The minimum absolute atomic E-state index is 0.127. The number of aromatic hydroxyl groups is 1. The van der Waals surface area contributed by atoms with Gasteiger partial charge in [-0.15, -0.1) is 0 Å². The second-order valence-corrected chi connectivity index (χ2v) is 4.75. The van der Waals surface area contributed by atoms with Gasteiger partial charge in [-0.2, -0.15) is 0 Å². The number of aliphatic carboxylic acids is 1. The van der Waals surface area contributed by atoms with Crippen molar-refractivity contribution < 1.29 is 19.8 Å². The Morgan fingerprint density at radius 1 is 1.44 bits per heavy atom. The van der Waals surface area contributed by atoms with Crippen molar-refractivity contribution in [2.24, 2.45) is 0 Å². The molecule has 98 valence electrons. The molecule has 0 radical (unpaired) electrons. The highest BCUT2D eigenvalue weighted by atomic mass is 79.9. The zero-order chi connectivity index (χ0) is 13.7. The van der Waals surface area contributed by atoms with Gasteiger partial charge in [0.15, 0.2) is 0 Å². The lowest BCUT2D eigenvalue weighted by Crippen LogP contribution is -2.36.